The van der Waals surface area contributed by atoms with Crippen molar-refractivity contribution in [3.8, 4) is 11.6 Å². The molecule has 6 nitrogen and oxygen atoms in total. The first-order valence-electron chi connectivity index (χ1n) is 10.1. The van der Waals surface area contributed by atoms with Crippen LogP contribution in [0.2, 0.25) is 5.02 Å². The number of ether oxygens (including phenoxy) is 1. The SMILES string of the molecule is C[C@H](CCc1ccccc1)NC(=O)CN1C(=O)c2cccnc2Oc2ccc(Cl)cc21. The lowest BCUT2D eigenvalue weighted by Gasteiger charge is -2.23. The van der Waals surface area contributed by atoms with E-state index in [2.05, 4.69) is 22.4 Å². The van der Waals surface area contributed by atoms with Crippen LogP contribution in [0.4, 0.5) is 5.69 Å². The molecule has 0 saturated carbocycles. The number of benzene rings is 2. The maximum Gasteiger partial charge on any atom is 0.264 e. The lowest BCUT2D eigenvalue weighted by molar-refractivity contribution is -0.120. The van der Waals surface area contributed by atoms with Gasteiger partial charge in [0.25, 0.3) is 5.91 Å². The van der Waals surface area contributed by atoms with Gasteiger partial charge >= 0.3 is 0 Å². The maximum absolute atomic E-state index is 13.2. The molecule has 0 fully saturated rings. The van der Waals surface area contributed by atoms with E-state index in [0.29, 0.717) is 22.0 Å². The molecule has 158 valence electrons. The van der Waals surface area contributed by atoms with Gasteiger partial charge in [-0.1, -0.05) is 41.9 Å². The molecule has 4 rings (SSSR count). The summed E-state index contributed by atoms with van der Waals surface area (Å²) in [7, 11) is 0. The van der Waals surface area contributed by atoms with Gasteiger partial charge in [-0.2, -0.15) is 0 Å². The van der Waals surface area contributed by atoms with Crippen LogP contribution in [0, 0.1) is 0 Å². The van der Waals surface area contributed by atoms with Gasteiger partial charge in [-0.25, -0.2) is 4.98 Å². The van der Waals surface area contributed by atoms with Crippen molar-refractivity contribution in [3.63, 3.8) is 0 Å². The monoisotopic (exact) mass is 435 g/mol. The average Bonchev–Trinajstić information content (AvgIpc) is 2.88. The fourth-order valence-electron chi connectivity index (χ4n) is 3.50. The molecule has 0 spiro atoms. The molecule has 0 aliphatic carbocycles. The summed E-state index contributed by atoms with van der Waals surface area (Å²) in [6.45, 7) is 1.80. The number of carbonyl (C=O) groups is 2. The van der Waals surface area contributed by atoms with E-state index >= 15 is 0 Å². The number of amides is 2. The lowest BCUT2D eigenvalue weighted by Crippen LogP contribution is -2.43. The molecule has 31 heavy (non-hydrogen) atoms. The van der Waals surface area contributed by atoms with E-state index in [-0.39, 0.29) is 30.3 Å². The third-order valence-corrected chi connectivity index (χ3v) is 5.32. The number of nitrogens with one attached hydrogen (secondary N) is 1. The van der Waals surface area contributed by atoms with E-state index in [4.69, 9.17) is 16.3 Å². The second-order valence-electron chi connectivity index (χ2n) is 7.45. The summed E-state index contributed by atoms with van der Waals surface area (Å²) in [5.74, 6) is -0.00119. The first kappa shape index (κ1) is 20.9. The quantitative estimate of drug-likeness (QED) is 0.613. The molecule has 1 N–H and O–H groups in total. The van der Waals surface area contributed by atoms with E-state index < -0.39 is 0 Å². The van der Waals surface area contributed by atoms with Crippen LogP contribution in [0.15, 0.2) is 66.9 Å². The van der Waals surface area contributed by atoms with E-state index in [1.807, 2.05) is 25.1 Å². The molecule has 0 unspecified atom stereocenters. The van der Waals surface area contributed by atoms with Gasteiger partial charge in [0.15, 0.2) is 5.75 Å². The summed E-state index contributed by atoms with van der Waals surface area (Å²) in [6, 6.07) is 18.3. The van der Waals surface area contributed by atoms with E-state index in [0.717, 1.165) is 12.8 Å². The highest BCUT2D eigenvalue weighted by Crippen LogP contribution is 2.39. The Morgan fingerprint density at radius 1 is 1.16 bits per heavy atom. The van der Waals surface area contributed by atoms with Crippen molar-refractivity contribution in [3.05, 3.63) is 83.0 Å². The van der Waals surface area contributed by atoms with Gasteiger partial charge in [0, 0.05) is 17.3 Å². The lowest BCUT2D eigenvalue weighted by atomic mass is 10.1. The minimum atomic E-state index is -0.365. The number of halogens is 1. The van der Waals surface area contributed by atoms with Gasteiger partial charge in [-0.3, -0.25) is 14.5 Å². The zero-order valence-corrected chi connectivity index (χ0v) is 17.8. The van der Waals surface area contributed by atoms with Crippen molar-refractivity contribution in [2.45, 2.75) is 25.8 Å². The highest BCUT2D eigenvalue weighted by Gasteiger charge is 2.30. The number of aryl methyl sites for hydroxylation is 1. The molecule has 0 bridgehead atoms. The van der Waals surface area contributed by atoms with Crippen LogP contribution in [0.25, 0.3) is 0 Å². The summed E-state index contributed by atoms with van der Waals surface area (Å²) in [6.07, 6.45) is 3.21. The molecule has 3 aromatic rings. The Bertz CT molecular complexity index is 1100. The molecule has 1 atom stereocenters. The Balaban J connectivity index is 1.50. The molecule has 2 aromatic carbocycles. The zero-order chi connectivity index (χ0) is 21.8. The first-order valence-corrected chi connectivity index (χ1v) is 10.5. The maximum atomic E-state index is 13.2. The van der Waals surface area contributed by atoms with Crippen molar-refractivity contribution in [1.29, 1.82) is 0 Å². The number of aromatic nitrogens is 1. The smallest absolute Gasteiger partial charge is 0.264 e. The summed E-state index contributed by atoms with van der Waals surface area (Å²) in [5, 5.41) is 3.43. The molecule has 0 saturated heterocycles. The standard InChI is InChI=1S/C24H22ClN3O3/c1-16(9-10-17-6-3-2-4-7-17)27-22(29)15-28-20-14-18(25)11-12-21(20)31-23-19(24(28)30)8-5-13-26-23/h2-8,11-14,16H,9-10,15H2,1H3,(H,27,29)/t16-/m1/s1. The molecule has 0 radical (unpaired) electrons. The number of hydrogen-bond acceptors (Lipinski definition) is 4. The second-order valence-corrected chi connectivity index (χ2v) is 7.89. The summed E-state index contributed by atoms with van der Waals surface area (Å²) < 4.78 is 5.84. The first-order chi connectivity index (χ1) is 15.0. The van der Waals surface area contributed by atoms with Crippen LogP contribution in [0.5, 0.6) is 11.6 Å². The summed E-state index contributed by atoms with van der Waals surface area (Å²) >= 11 is 6.16. The largest absolute Gasteiger partial charge is 0.436 e. The third kappa shape index (κ3) is 4.86. The van der Waals surface area contributed by atoms with Crippen molar-refractivity contribution >= 4 is 29.1 Å². The number of nitrogens with zero attached hydrogens (tertiary/aromatic N) is 2. The number of fused-ring (bicyclic) bond motifs is 2. The van der Waals surface area contributed by atoms with Crippen molar-refractivity contribution < 1.29 is 14.3 Å². The van der Waals surface area contributed by atoms with Crippen LogP contribution in [0.3, 0.4) is 0 Å². The zero-order valence-electron chi connectivity index (χ0n) is 17.0. The predicted octanol–water partition coefficient (Wildman–Crippen LogP) is 4.63. The minimum absolute atomic E-state index is 0.0428. The van der Waals surface area contributed by atoms with Gasteiger partial charge < -0.3 is 10.1 Å². The van der Waals surface area contributed by atoms with Crippen LogP contribution in [0.1, 0.15) is 29.3 Å². The second kappa shape index (κ2) is 9.18. The summed E-state index contributed by atoms with van der Waals surface area (Å²) in [4.78, 5) is 31.6. The highest BCUT2D eigenvalue weighted by molar-refractivity contribution is 6.31. The van der Waals surface area contributed by atoms with E-state index in [1.165, 1.54) is 10.5 Å². The molecule has 2 amide bonds. The van der Waals surface area contributed by atoms with Crippen LogP contribution >= 0.6 is 11.6 Å². The summed E-state index contributed by atoms with van der Waals surface area (Å²) in [5.41, 5.74) is 1.94. The van der Waals surface area contributed by atoms with Gasteiger partial charge in [0.2, 0.25) is 11.8 Å². The number of carbonyl (C=O) groups excluding carboxylic acids is 2. The topological polar surface area (TPSA) is 71.5 Å². The van der Waals surface area contributed by atoms with Crippen LogP contribution in [-0.2, 0) is 11.2 Å². The van der Waals surface area contributed by atoms with Crippen LogP contribution < -0.4 is 15.0 Å². The number of anilines is 1. The fourth-order valence-corrected chi connectivity index (χ4v) is 3.67. The Kier molecular flexibility index (Phi) is 6.18. The number of pyridine rings is 1. The molecule has 7 heteroatoms. The van der Waals surface area contributed by atoms with Crippen LogP contribution in [-0.4, -0.2) is 29.4 Å². The van der Waals surface area contributed by atoms with E-state index in [9.17, 15) is 9.59 Å². The van der Waals surface area contributed by atoms with Crippen molar-refractivity contribution in [1.82, 2.24) is 10.3 Å². The van der Waals surface area contributed by atoms with Gasteiger partial charge in [0.1, 0.15) is 12.1 Å². The van der Waals surface area contributed by atoms with Gasteiger partial charge in [-0.05, 0) is 55.7 Å². The Morgan fingerprint density at radius 2 is 1.97 bits per heavy atom. The molecular weight excluding hydrogens is 414 g/mol. The molecular formula is C24H22ClN3O3. The van der Waals surface area contributed by atoms with Gasteiger partial charge in [0.05, 0.1) is 5.69 Å². The fraction of sp³-hybridized carbons (Fsp3) is 0.208. The van der Waals surface area contributed by atoms with Crippen molar-refractivity contribution in [2.24, 2.45) is 0 Å². The Labute approximate surface area is 185 Å². The molecule has 1 aliphatic rings. The number of rotatable bonds is 6. The Morgan fingerprint density at radius 3 is 2.77 bits per heavy atom. The Hall–Kier alpha value is -3.38. The average molecular weight is 436 g/mol. The minimum Gasteiger partial charge on any atom is -0.436 e. The van der Waals surface area contributed by atoms with Crippen molar-refractivity contribution in [2.75, 3.05) is 11.4 Å². The molecule has 2 heterocycles. The highest BCUT2D eigenvalue weighted by atomic mass is 35.5. The third-order valence-electron chi connectivity index (χ3n) is 5.08. The van der Waals surface area contributed by atoms with Gasteiger partial charge in [-0.15, -0.1) is 0 Å². The normalized spacial score (nSPS) is 13.5. The number of hydrogen-bond donors (Lipinski definition) is 1. The molecule has 1 aromatic heterocycles. The van der Waals surface area contributed by atoms with E-state index in [1.54, 1.807) is 36.5 Å². The predicted molar refractivity (Wildman–Crippen MR) is 120 cm³/mol. The molecule has 1 aliphatic heterocycles.